The van der Waals surface area contributed by atoms with Crippen molar-refractivity contribution in [2.24, 2.45) is 5.92 Å². The fourth-order valence-electron chi connectivity index (χ4n) is 4.36. The summed E-state index contributed by atoms with van der Waals surface area (Å²) >= 11 is 0. The second-order valence-electron chi connectivity index (χ2n) is 7.61. The van der Waals surface area contributed by atoms with Crippen molar-refractivity contribution < 1.29 is 9.59 Å². The number of pyridine rings is 1. The molecule has 5 nitrogen and oxygen atoms in total. The van der Waals surface area contributed by atoms with Gasteiger partial charge in [-0.3, -0.25) is 14.6 Å². The van der Waals surface area contributed by atoms with E-state index in [2.05, 4.69) is 34.6 Å². The molecule has 1 fully saturated rings. The van der Waals surface area contributed by atoms with Crippen LogP contribution in [-0.2, 0) is 16.1 Å². The van der Waals surface area contributed by atoms with Crippen LogP contribution in [0.25, 0.3) is 11.1 Å². The Balaban J connectivity index is 1.33. The lowest BCUT2D eigenvalue weighted by atomic mass is 10.0. The summed E-state index contributed by atoms with van der Waals surface area (Å²) in [7, 11) is 0. The molecule has 1 aromatic heterocycles. The number of benzene rings is 2. The smallest absolute Gasteiger partial charge is 0.226 e. The molecule has 0 bridgehead atoms. The predicted octanol–water partition coefficient (Wildman–Crippen LogP) is 3.32. The molecule has 0 spiro atoms. The van der Waals surface area contributed by atoms with Crippen molar-refractivity contribution in [1.82, 2.24) is 15.2 Å². The summed E-state index contributed by atoms with van der Waals surface area (Å²) in [5, 5.41) is 3.20. The van der Waals surface area contributed by atoms with E-state index in [1.807, 2.05) is 42.5 Å². The van der Waals surface area contributed by atoms with Crippen molar-refractivity contribution in [1.29, 1.82) is 0 Å². The van der Waals surface area contributed by atoms with Gasteiger partial charge >= 0.3 is 0 Å². The normalized spacial score (nSPS) is 17.9. The molecule has 0 radical (unpaired) electrons. The molecule has 5 rings (SSSR count). The lowest BCUT2D eigenvalue weighted by Gasteiger charge is -2.19. The number of amides is 2. The summed E-state index contributed by atoms with van der Waals surface area (Å²) in [4.78, 5) is 31.5. The number of likely N-dealkylation sites (tertiary alicyclic amines) is 1. The van der Waals surface area contributed by atoms with Crippen molar-refractivity contribution >= 4 is 11.8 Å². The minimum atomic E-state index is -0.342. The van der Waals surface area contributed by atoms with E-state index < -0.39 is 0 Å². The average molecular weight is 383 g/mol. The van der Waals surface area contributed by atoms with E-state index in [0.29, 0.717) is 13.1 Å². The van der Waals surface area contributed by atoms with Gasteiger partial charge in [0.05, 0.1) is 24.2 Å². The third-order valence-corrected chi connectivity index (χ3v) is 5.78. The molecule has 2 heterocycles. The number of hydrogen-bond donors (Lipinski definition) is 1. The predicted molar refractivity (Wildman–Crippen MR) is 110 cm³/mol. The van der Waals surface area contributed by atoms with Gasteiger partial charge in [-0.15, -0.1) is 0 Å². The van der Waals surface area contributed by atoms with Gasteiger partial charge in [0, 0.05) is 19.2 Å². The Bertz CT molecular complexity index is 1030. The molecule has 1 atom stereocenters. The van der Waals surface area contributed by atoms with Crippen molar-refractivity contribution in [3.05, 3.63) is 89.7 Å². The number of nitrogens with zero attached hydrogens (tertiary/aromatic N) is 2. The second-order valence-corrected chi connectivity index (χ2v) is 7.61. The van der Waals surface area contributed by atoms with E-state index in [0.717, 1.165) is 27.9 Å². The highest BCUT2D eigenvalue weighted by molar-refractivity contribution is 5.90. The summed E-state index contributed by atoms with van der Waals surface area (Å²) < 4.78 is 0. The highest BCUT2D eigenvalue weighted by Gasteiger charge is 2.37. The molecule has 1 saturated heterocycles. The number of carbonyl (C=O) groups excluding carboxylic acids is 2. The van der Waals surface area contributed by atoms with Crippen LogP contribution in [0.4, 0.5) is 0 Å². The first-order valence-corrected chi connectivity index (χ1v) is 9.87. The molecule has 0 saturated carbocycles. The Morgan fingerprint density at radius 3 is 2.28 bits per heavy atom. The molecule has 1 aliphatic carbocycles. The van der Waals surface area contributed by atoms with E-state index in [1.165, 1.54) is 0 Å². The van der Waals surface area contributed by atoms with E-state index >= 15 is 0 Å². The van der Waals surface area contributed by atoms with Gasteiger partial charge in [0.15, 0.2) is 0 Å². The Morgan fingerprint density at radius 1 is 0.966 bits per heavy atom. The van der Waals surface area contributed by atoms with Crippen LogP contribution in [0.15, 0.2) is 72.9 Å². The highest BCUT2D eigenvalue weighted by Crippen LogP contribution is 2.43. The van der Waals surface area contributed by atoms with Crippen LogP contribution >= 0.6 is 0 Å². The van der Waals surface area contributed by atoms with E-state index in [4.69, 9.17) is 0 Å². The summed E-state index contributed by atoms with van der Waals surface area (Å²) in [6, 6.07) is 21.8. The molecule has 2 amide bonds. The van der Waals surface area contributed by atoms with E-state index in [-0.39, 0.29) is 30.2 Å². The Labute approximate surface area is 169 Å². The van der Waals surface area contributed by atoms with E-state index in [9.17, 15) is 9.59 Å². The molecule has 5 heteroatoms. The van der Waals surface area contributed by atoms with Crippen LogP contribution < -0.4 is 5.32 Å². The van der Waals surface area contributed by atoms with Crippen molar-refractivity contribution in [2.45, 2.75) is 19.0 Å². The number of rotatable bonds is 4. The Hall–Kier alpha value is -3.47. The first-order chi connectivity index (χ1) is 14.2. The quantitative estimate of drug-likeness (QED) is 0.752. The second kappa shape index (κ2) is 7.17. The van der Waals surface area contributed by atoms with Crippen LogP contribution in [0.5, 0.6) is 0 Å². The molecule has 1 unspecified atom stereocenters. The molecule has 2 aliphatic rings. The monoisotopic (exact) mass is 383 g/mol. The van der Waals surface area contributed by atoms with Crippen molar-refractivity contribution in [3.63, 3.8) is 0 Å². The van der Waals surface area contributed by atoms with Gasteiger partial charge in [-0.1, -0.05) is 54.6 Å². The van der Waals surface area contributed by atoms with Gasteiger partial charge in [-0.05, 0) is 34.4 Å². The fourth-order valence-corrected chi connectivity index (χ4v) is 4.36. The van der Waals surface area contributed by atoms with Gasteiger partial charge in [-0.2, -0.15) is 0 Å². The fraction of sp³-hybridized carbons (Fsp3) is 0.208. The molecule has 144 valence electrons. The van der Waals surface area contributed by atoms with Gasteiger partial charge < -0.3 is 10.2 Å². The molecular formula is C24H21N3O2. The first-order valence-electron chi connectivity index (χ1n) is 9.87. The van der Waals surface area contributed by atoms with Crippen LogP contribution in [0.3, 0.4) is 0 Å². The lowest BCUT2D eigenvalue weighted by Crippen LogP contribution is -2.35. The first kappa shape index (κ1) is 17.6. The van der Waals surface area contributed by atoms with Crippen molar-refractivity contribution in [3.8, 4) is 11.1 Å². The van der Waals surface area contributed by atoms with Crippen LogP contribution in [0, 0.1) is 5.92 Å². The van der Waals surface area contributed by atoms with Crippen LogP contribution in [0.1, 0.15) is 29.3 Å². The summed E-state index contributed by atoms with van der Waals surface area (Å²) in [6.45, 7) is 0.871. The summed E-state index contributed by atoms with van der Waals surface area (Å²) in [5.41, 5.74) is 5.37. The van der Waals surface area contributed by atoms with Gasteiger partial charge in [0.25, 0.3) is 0 Å². The number of aromatic nitrogens is 1. The maximum absolute atomic E-state index is 13.1. The third kappa shape index (κ3) is 3.18. The van der Waals surface area contributed by atoms with Crippen LogP contribution in [0.2, 0.25) is 0 Å². The van der Waals surface area contributed by atoms with Gasteiger partial charge in [0.1, 0.15) is 0 Å². The zero-order chi connectivity index (χ0) is 19.8. The maximum atomic E-state index is 13.1. The molecule has 29 heavy (non-hydrogen) atoms. The zero-order valence-corrected chi connectivity index (χ0v) is 15.9. The Kier molecular flexibility index (Phi) is 4.35. The van der Waals surface area contributed by atoms with Crippen molar-refractivity contribution in [2.75, 3.05) is 6.54 Å². The van der Waals surface area contributed by atoms with Crippen LogP contribution in [-0.4, -0.2) is 28.2 Å². The SMILES string of the molecule is O=C(NC1c2ccccc2-c2ccccc21)C1CC(=O)N(Cc2ccccn2)C1. The molecule has 1 N–H and O–H groups in total. The number of nitrogens with one attached hydrogen (secondary N) is 1. The minimum absolute atomic E-state index is 0.00280. The highest BCUT2D eigenvalue weighted by atomic mass is 16.2. The number of carbonyl (C=O) groups is 2. The minimum Gasteiger partial charge on any atom is -0.345 e. The molecular weight excluding hydrogens is 362 g/mol. The number of hydrogen-bond acceptors (Lipinski definition) is 3. The molecule has 3 aromatic rings. The topological polar surface area (TPSA) is 62.3 Å². The van der Waals surface area contributed by atoms with Gasteiger partial charge in [0.2, 0.25) is 11.8 Å². The molecule has 1 aliphatic heterocycles. The zero-order valence-electron chi connectivity index (χ0n) is 15.9. The summed E-state index contributed by atoms with van der Waals surface area (Å²) in [6.07, 6.45) is 1.96. The lowest BCUT2D eigenvalue weighted by molar-refractivity contribution is -0.129. The largest absolute Gasteiger partial charge is 0.345 e. The maximum Gasteiger partial charge on any atom is 0.226 e. The average Bonchev–Trinajstić information content (AvgIpc) is 3.28. The Morgan fingerprint density at radius 2 is 1.62 bits per heavy atom. The number of fused-ring (bicyclic) bond motifs is 3. The summed E-state index contributed by atoms with van der Waals surface area (Å²) in [5.74, 6) is -0.410. The third-order valence-electron chi connectivity index (χ3n) is 5.78. The standard InChI is InChI=1S/C24H21N3O2/c28-22-13-16(14-27(22)15-17-7-5-6-12-25-17)24(29)26-23-20-10-3-1-8-18(20)19-9-2-4-11-21(19)23/h1-12,16,23H,13-15H2,(H,26,29). The molecule has 2 aromatic carbocycles. The van der Waals surface area contributed by atoms with E-state index in [1.54, 1.807) is 11.1 Å². The van der Waals surface area contributed by atoms with Gasteiger partial charge in [-0.25, -0.2) is 0 Å².